The summed E-state index contributed by atoms with van der Waals surface area (Å²) < 4.78 is 5.68. The van der Waals surface area contributed by atoms with Gasteiger partial charge in [0.2, 0.25) is 0 Å². The SMILES string of the molecule is CCc1ccc(COc2ccc(C(C)=O)cc2)s1. The third-order valence-corrected chi connectivity index (χ3v) is 3.91. The quantitative estimate of drug-likeness (QED) is 0.757. The minimum absolute atomic E-state index is 0.0763. The molecule has 94 valence electrons. The fourth-order valence-corrected chi connectivity index (χ4v) is 2.50. The van der Waals surface area contributed by atoms with Gasteiger partial charge in [-0.2, -0.15) is 0 Å². The number of carbonyl (C=O) groups excluding carboxylic acids is 1. The molecule has 1 aromatic heterocycles. The second-order valence-electron chi connectivity index (χ2n) is 4.09. The van der Waals surface area contributed by atoms with Gasteiger partial charge >= 0.3 is 0 Å². The van der Waals surface area contributed by atoms with Crippen LogP contribution in [0.25, 0.3) is 0 Å². The van der Waals surface area contributed by atoms with Gasteiger partial charge in [0.15, 0.2) is 5.78 Å². The molecule has 1 aromatic carbocycles. The van der Waals surface area contributed by atoms with Gasteiger partial charge in [0.25, 0.3) is 0 Å². The van der Waals surface area contributed by atoms with E-state index in [4.69, 9.17) is 4.74 Å². The molecule has 3 heteroatoms. The molecule has 0 fully saturated rings. The van der Waals surface area contributed by atoms with Gasteiger partial charge in [0.1, 0.15) is 12.4 Å². The van der Waals surface area contributed by atoms with Crippen LogP contribution >= 0.6 is 11.3 Å². The lowest BCUT2D eigenvalue weighted by Gasteiger charge is -2.04. The summed E-state index contributed by atoms with van der Waals surface area (Å²) in [6.07, 6.45) is 1.07. The third-order valence-electron chi connectivity index (χ3n) is 2.71. The second-order valence-corrected chi connectivity index (χ2v) is 5.34. The molecule has 0 aliphatic carbocycles. The molecule has 0 atom stereocenters. The molecule has 0 aliphatic rings. The Bertz CT molecular complexity index is 526. The zero-order valence-corrected chi connectivity index (χ0v) is 11.4. The maximum Gasteiger partial charge on any atom is 0.159 e. The molecule has 0 spiro atoms. The van der Waals surface area contributed by atoms with Crippen molar-refractivity contribution < 1.29 is 9.53 Å². The summed E-state index contributed by atoms with van der Waals surface area (Å²) in [5.74, 6) is 0.874. The van der Waals surface area contributed by atoms with Crippen LogP contribution in [0.2, 0.25) is 0 Å². The number of carbonyl (C=O) groups is 1. The van der Waals surface area contributed by atoms with Crippen molar-refractivity contribution in [2.24, 2.45) is 0 Å². The van der Waals surface area contributed by atoms with Gasteiger partial charge in [-0.25, -0.2) is 0 Å². The standard InChI is InChI=1S/C15H16O2S/c1-3-14-8-9-15(18-14)10-17-13-6-4-12(5-7-13)11(2)16/h4-9H,3,10H2,1-2H3. The highest BCUT2D eigenvalue weighted by atomic mass is 32.1. The Morgan fingerprint density at radius 1 is 1.11 bits per heavy atom. The van der Waals surface area contributed by atoms with Crippen molar-refractivity contribution in [2.75, 3.05) is 0 Å². The molecule has 1 heterocycles. The fraction of sp³-hybridized carbons (Fsp3) is 0.267. The minimum Gasteiger partial charge on any atom is -0.488 e. The average molecular weight is 260 g/mol. The van der Waals surface area contributed by atoms with Crippen LogP contribution in [0.4, 0.5) is 0 Å². The number of aryl methyl sites for hydroxylation is 1. The molecule has 0 saturated heterocycles. The predicted molar refractivity (Wildman–Crippen MR) is 74.5 cm³/mol. The Morgan fingerprint density at radius 3 is 2.33 bits per heavy atom. The molecule has 2 nitrogen and oxygen atoms in total. The van der Waals surface area contributed by atoms with E-state index in [1.165, 1.54) is 9.75 Å². The van der Waals surface area contributed by atoms with Gasteiger partial charge in [-0.1, -0.05) is 6.92 Å². The number of ether oxygens (including phenoxy) is 1. The van der Waals surface area contributed by atoms with Crippen molar-refractivity contribution in [3.8, 4) is 5.75 Å². The van der Waals surface area contributed by atoms with E-state index >= 15 is 0 Å². The van der Waals surface area contributed by atoms with Crippen molar-refractivity contribution in [1.82, 2.24) is 0 Å². The molecule has 0 unspecified atom stereocenters. The number of thiophene rings is 1. The number of rotatable bonds is 5. The number of Topliss-reactive ketones (excluding diaryl/α,β-unsaturated/α-hetero) is 1. The molecule has 18 heavy (non-hydrogen) atoms. The topological polar surface area (TPSA) is 26.3 Å². The van der Waals surface area contributed by atoms with Crippen LogP contribution in [0.1, 0.15) is 34.0 Å². The van der Waals surface area contributed by atoms with Crippen molar-refractivity contribution in [3.05, 3.63) is 51.7 Å². The Labute approximate surface area is 111 Å². The molecular weight excluding hydrogens is 244 g/mol. The number of benzene rings is 1. The Morgan fingerprint density at radius 2 is 1.78 bits per heavy atom. The van der Waals surface area contributed by atoms with Crippen molar-refractivity contribution in [3.63, 3.8) is 0 Å². The Kier molecular flexibility index (Phi) is 4.15. The first-order valence-electron chi connectivity index (χ1n) is 6.00. The average Bonchev–Trinajstić information content (AvgIpc) is 2.85. The highest BCUT2D eigenvalue weighted by molar-refractivity contribution is 7.11. The van der Waals surface area contributed by atoms with Crippen LogP contribution in [0.5, 0.6) is 5.75 Å². The molecule has 0 amide bonds. The van der Waals surface area contributed by atoms with Crippen molar-refractivity contribution >= 4 is 17.1 Å². The van der Waals surface area contributed by atoms with Gasteiger partial charge in [0, 0.05) is 15.3 Å². The summed E-state index contributed by atoms with van der Waals surface area (Å²) in [5, 5.41) is 0. The third kappa shape index (κ3) is 3.20. The van der Waals surface area contributed by atoms with Crippen LogP contribution in [-0.2, 0) is 13.0 Å². The summed E-state index contributed by atoms with van der Waals surface area (Å²) in [6.45, 7) is 4.30. The lowest BCUT2D eigenvalue weighted by molar-refractivity contribution is 0.101. The molecule has 0 bridgehead atoms. The predicted octanol–water partition coefficient (Wildman–Crippen LogP) is 4.09. The van der Waals surface area contributed by atoms with E-state index in [1.54, 1.807) is 30.4 Å². The maximum absolute atomic E-state index is 11.1. The molecule has 0 N–H and O–H groups in total. The largest absolute Gasteiger partial charge is 0.488 e. The summed E-state index contributed by atoms with van der Waals surface area (Å²) in [5.41, 5.74) is 0.715. The summed E-state index contributed by atoms with van der Waals surface area (Å²) in [7, 11) is 0. The van der Waals surface area contributed by atoms with Crippen LogP contribution in [0.3, 0.4) is 0 Å². The van der Waals surface area contributed by atoms with Crippen LogP contribution in [0, 0.1) is 0 Å². The van der Waals surface area contributed by atoms with Gasteiger partial charge < -0.3 is 4.74 Å². The van der Waals surface area contributed by atoms with E-state index in [0.29, 0.717) is 12.2 Å². The molecule has 0 saturated carbocycles. The number of hydrogen-bond acceptors (Lipinski definition) is 3. The summed E-state index contributed by atoms with van der Waals surface area (Å²) in [4.78, 5) is 13.7. The zero-order valence-electron chi connectivity index (χ0n) is 10.6. The zero-order chi connectivity index (χ0) is 13.0. The van der Waals surface area contributed by atoms with Gasteiger partial charge in [-0.3, -0.25) is 4.79 Å². The van der Waals surface area contributed by atoms with Crippen LogP contribution in [0.15, 0.2) is 36.4 Å². The van der Waals surface area contributed by atoms with Crippen molar-refractivity contribution in [1.29, 1.82) is 0 Å². The Hall–Kier alpha value is -1.61. The van der Waals surface area contributed by atoms with E-state index < -0.39 is 0 Å². The summed E-state index contributed by atoms with van der Waals surface area (Å²) >= 11 is 1.78. The summed E-state index contributed by atoms with van der Waals surface area (Å²) in [6, 6.07) is 11.5. The van der Waals surface area contributed by atoms with Crippen molar-refractivity contribution in [2.45, 2.75) is 26.9 Å². The maximum atomic E-state index is 11.1. The van der Waals surface area contributed by atoms with Gasteiger partial charge in [0.05, 0.1) is 0 Å². The normalized spacial score (nSPS) is 10.3. The van der Waals surface area contributed by atoms with E-state index in [2.05, 4.69) is 19.1 Å². The second kappa shape index (κ2) is 5.83. The minimum atomic E-state index is 0.0763. The monoisotopic (exact) mass is 260 g/mol. The van der Waals surface area contributed by atoms with E-state index in [9.17, 15) is 4.79 Å². The first-order chi connectivity index (χ1) is 8.69. The molecular formula is C15H16O2S. The van der Waals surface area contributed by atoms with Gasteiger partial charge in [-0.15, -0.1) is 11.3 Å². The van der Waals surface area contributed by atoms with Crippen LogP contribution in [-0.4, -0.2) is 5.78 Å². The first kappa shape index (κ1) is 12.8. The highest BCUT2D eigenvalue weighted by Crippen LogP contribution is 2.20. The molecule has 2 aromatic rings. The Balaban J connectivity index is 1.95. The number of ketones is 1. The van der Waals surface area contributed by atoms with Gasteiger partial charge in [-0.05, 0) is 49.7 Å². The molecule has 0 radical (unpaired) electrons. The smallest absolute Gasteiger partial charge is 0.159 e. The lowest BCUT2D eigenvalue weighted by Crippen LogP contribution is -1.95. The fourth-order valence-electron chi connectivity index (χ4n) is 1.63. The number of hydrogen-bond donors (Lipinski definition) is 0. The lowest BCUT2D eigenvalue weighted by atomic mass is 10.1. The highest BCUT2D eigenvalue weighted by Gasteiger charge is 2.02. The van der Waals surface area contributed by atoms with E-state index in [0.717, 1.165) is 12.2 Å². The molecule has 2 rings (SSSR count). The van der Waals surface area contributed by atoms with E-state index in [1.807, 2.05) is 12.1 Å². The van der Waals surface area contributed by atoms with E-state index in [-0.39, 0.29) is 5.78 Å². The first-order valence-corrected chi connectivity index (χ1v) is 6.82. The van der Waals surface area contributed by atoms with Crippen LogP contribution < -0.4 is 4.74 Å². The molecule has 0 aliphatic heterocycles.